The minimum absolute atomic E-state index is 0.113. The monoisotopic (exact) mass is 509 g/mol. The summed E-state index contributed by atoms with van der Waals surface area (Å²) in [5, 5.41) is 11.3. The molecule has 4 rings (SSSR count). The van der Waals surface area contributed by atoms with Crippen molar-refractivity contribution >= 4 is 39.9 Å². The quantitative estimate of drug-likeness (QED) is 0.220. The third kappa shape index (κ3) is 4.29. The Morgan fingerprint density at radius 2 is 1.86 bits per heavy atom. The van der Waals surface area contributed by atoms with Crippen LogP contribution in [0.15, 0.2) is 48.3 Å². The molecule has 1 aliphatic rings. The molecule has 0 aliphatic carbocycles. The molecular weight excluding hydrogens is 486 g/mol. The molecule has 0 spiro atoms. The number of aromatic nitrogens is 2. The zero-order chi connectivity index (χ0) is 26.0. The Hall–Kier alpha value is -4.25. The van der Waals surface area contributed by atoms with Crippen LogP contribution in [0.4, 0.5) is 5.13 Å². The van der Waals surface area contributed by atoms with Gasteiger partial charge in [-0.2, -0.15) is 0 Å². The van der Waals surface area contributed by atoms with Gasteiger partial charge in [-0.15, -0.1) is 0 Å². The van der Waals surface area contributed by atoms with Crippen LogP contribution in [0.2, 0.25) is 0 Å². The van der Waals surface area contributed by atoms with E-state index in [0.29, 0.717) is 34.9 Å². The Morgan fingerprint density at radius 1 is 1.14 bits per heavy atom. The molecule has 1 atom stereocenters. The van der Waals surface area contributed by atoms with Crippen molar-refractivity contribution in [2.75, 3.05) is 25.7 Å². The number of benzene rings is 1. The van der Waals surface area contributed by atoms with Crippen LogP contribution < -0.4 is 14.4 Å². The molecule has 0 saturated carbocycles. The highest BCUT2D eigenvalue weighted by molar-refractivity contribution is 7.17. The molecule has 0 radical (unpaired) electrons. The average Bonchev–Trinajstić information content (AvgIpc) is 3.40. The minimum atomic E-state index is -1.06. The lowest BCUT2D eigenvalue weighted by Gasteiger charge is -2.24. The van der Waals surface area contributed by atoms with Gasteiger partial charge in [-0.05, 0) is 43.7 Å². The van der Waals surface area contributed by atoms with Crippen LogP contribution in [-0.2, 0) is 14.3 Å². The number of hydrogen-bond donors (Lipinski definition) is 1. The highest BCUT2D eigenvalue weighted by Crippen LogP contribution is 2.45. The van der Waals surface area contributed by atoms with Gasteiger partial charge in [0.25, 0.3) is 5.78 Å². The van der Waals surface area contributed by atoms with E-state index in [1.54, 1.807) is 25.1 Å². The zero-order valence-electron chi connectivity index (χ0n) is 20.0. The largest absolute Gasteiger partial charge is 0.507 e. The van der Waals surface area contributed by atoms with E-state index in [4.69, 9.17) is 14.2 Å². The molecule has 36 heavy (non-hydrogen) atoms. The summed E-state index contributed by atoms with van der Waals surface area (Å²) >= 11 is 0.922. The van der Waals surface area contributed by atoms with E-state index in [1.807, 2.05) is 6.92 Å². The lowest BCUT2D eigenvalue weighted by molar-refractivity contribution is -0.132. The molecule has 1 amide bonds. The van der Waals surface area contributed by atoms with Crippen molar-refractivity contribution in [2.45, 2.75) is 19.9 Å². The van der Waals surface area contributed by atoms with Crippen LogP contribution in [0.25, 0.3) is 5.76 Å². The van der Waals surface area contributed by atoms with Gasteiger partial charge >= 0.3 is 11.9 Å². The van der Waals surface area contributed by atoms with Gasteiger partial charge in [-0.25, -0.2) is 9.78 Å². The van der Waals surface area contributed by atoms with E-state index < -0.39 is 23.7 Å². The number of hydrogen-bond acceptors (Lipinski definition) is 10. The molecular formula is C25H23N3O7S. The molecule has 1 aliphatic heterocycles. The van der Waals surface area contributed by atoms with Crippen molar-refractivity contribution in [3.63, 3.8) is 0 Å². The van der Waals surface area contributed by atoms with Crippen LogP contribution >= 0.6 is 11.3 Å². The summed E-state index contributed by atoms with van der Waals surface area (Å²) < 4.78 is 15.9. The van der Waals surface area contributed by atoms with Crippen molar-refractivity contribution in [2.24, 2.45) is 0 Å². The molecule has 1 unspecified atom stereocenters. The Morgan fingerprint density at radius 3 is 2.50 bits per heavy atom. The van der Waals surface area contributed by atoms with E-state index in [-0.39, 0.29) is 21.3 Å². The zero-order valence-corrected chi connectivity index (χ0v) is 20.8. The van der Waals surface area contributed by atoms with Crippen LogP contribution in [0, 0.1) is 6.92 Å². The fraction of sp³-hybridized carbons (Fsp3) is 0.240. The second-order valence-electron chi connectivity index (χ2n) is 7.65. The topological polar surface area (TPSA) is 128 Å². The molecule has 10 nitrogen and oxygen atoms in total. The molecule has 3 aromatic rings. The van der Waals surface area contributed by atoms with Gasteiger partial charge in [0, 0.05) is 18.0 Å². The van der Waals surface area contributed by atoms with Gasteiger partial charge in [0.15, 0.2) is 16.6 Å². The summed E-state index contributed by atoms with van der Waals surface area (Å²) in [6.07, 6.45) is 2.93. The number of ether oxygens (including phenoxy) is 3. The molecule has 2 aromatic heterocycles. The van der Waals surface area contributed by atoms with Crippen LogP contribution in [0.1, 0.15) is 39.5 Å². The standard InChI is InChI=1S/C25H23N3O7S/c1-5-35-16-7-6-15(12-17(16)33-3)19-18(20(29)14-8-10-26-11-9-14)21(30)23(31)28(19)25-27-13(2)22(36-25)24(32)34-4/h6-12,19,29H,5H2,1-4H3. The number of thiazole rings is 1. The van der Waals surface area contributed by atoms with Crippen molar-refractivity contribution in [1.29, 1.82) is 0 Å². The van der Waals surface area contributed by atoms with E-state index >= 15 is 0 Å². The summed E-state index contributed by atoms with van der Waals surface area (Å²) in [4.78, 5) is 48.5. The van der Waals surface area contributed by atoms with Crippen molar-refractivity contribution < 1.29 is 33.7 Å². The smallest absolute Gasteiger partial charge is 0.350 e. The van der Waals surface area contributed by atoms with Crippen molar-refractivity contribution in [3.8, 4) is 11.5 Å². The fourth-order valence-electron chi connectivity index (χ4n) is 3.91. The number of aliphatic hydroxyl groups excluding tert-OH is 1. The Kier molecular flexibility index (Phi) is 7.02. The van der Waals surface area contributed by atoms with E-state index in [2.05, 4.69) is 9.97 Å². The number of amides is 1. The van der Waals surface area contributed by atoms with Gasteiger partial charge in [-0.3, -0.25) is 19.5 Å². The highest BCUT2D eigenvalue weighted by atomic mass is 32.1. The number of carbonyl (C=O) groups is 3. The fourth-order valence-corrected chi connectivity index (χ4v) is 4.92. The number of aryl methyl sites for hydroxylation is 1. The van der Waals surface area contributed by atoms with E-state index in [0.717, 1.165) is 11.3 Å². The molecule has 186 valence electrons. The van der Waals surface area contributed by atoms with E-state index in [9.17, 15) is 19.5 Å². The number of methoxy groups -OCH3 is 2. The number of Topliss-reactive ketones (excluding diaryl/α,β-unsaturated/α-hetero) is 1. The summed E-state index contributed by atoms with van der Waals surface area (Å²) in [7, 11) is 2.72. The molecule has 1 N–H and O–H groups in total. The predicted molar refractivity (Wildman–Crippen MR) is 131 cm³/mol. The van der Waals surface area contributed by atoms with E-state index in [1.165, 1.54) is 43.6 Å². The Bertz CT molecular complexity index is 1370. The maximum absolute atomic E-state index is 13.3. The van der Waals surface area contributed by atoms with Gasteiger partial charge in [0.1, 0.15) is 10.6 Å². The summed E-state index contributed by atoms with van der Waals surface area (Å²) in [6, 6.07) is 6.98. The number of anilines is 1. The third-order valence-corrected chi connectivity index (χ3v) is 6.70. The first-order valence-corrected chi connectivity index (χ1v) is 11.7. The first-order valence-electron chi connectivity index (χ1n) is 10.9. The summed E-state index contributed by atoms with van der Waals surface area (Å²) in [5.74, 6) is -1.90. The molecule has 1 fully saturated rings. The first kappa shape index (κ1) is 24.9. The van der Waals surface area contributed by atoms with Gasteiger partial charge < -0.3 is 19.3 Å². The predicted octanol–water partition coefficient (Wildman–Crippen LogP) is 3.67. The molecule has 1 saturated heterocycles. The normalized spacial score (nSPS) is 16.8. The summed E-state index contributed by atoms with van der Waals surface area (Å²) in [5.41, 5.74) is 1.000. The maximum Gasteiger partial charge on any atom is 0.350 e. The molecule has 3 heterocycles. The lowest BCUT2D eigenvalue weighted by Crippen LogP contribution is -2.29. The van der Waals surface area contributed by atoms with Crippen LogP contribution in [-0.4, -0.2) is 53.6 Å². The van der Waals surface area contributed by atoms with Gasteiger partial charge in [0.2, 0.25) is 0 Å². The number of esters is 1. The van der Waals surface area contributed by atoms with Crippen molar-refractivity contribution in [3.05, 3.63) is 70.0 Å². The second-order valence-corrected chi connectivity index (χ2v) is 8.63. The molecule has 11 heteroatoms. The minimum Gasteiger partial charge on any atom is -0.507 e. The maximum atomic E-state index is 13.3. The average molecular weight is 510 g/mol. The van der Waals surface area contributed by atoms with Crippen LogP contribution in [0.5, 0.6) is 11.5 Å². The van der Waals surface area contributed by atoms with Gasteiger partial charge in [-0.1, -0.05) is 17.4 Å². The Labute approximate surface area is 210 Å². The van der Waals surface area contributed by atoms with Crippen molar-refractivity contribution in [1.82, 2.24) is 9.97 Å². The Balaban J connectivity index is 1.95. The number of nitrogens with zero attached hydrogens (tertiary/aromatic N) is 3. The van der Waals surface area contributed by atoms with Gasteiger partial charge in [0.05, 0.1) is 38.1 Å². The van der Waals surface area contributed by atoms with Crippen LogP contribution in [0.3, 0.4) is 0 Å². The third-order valence-electron chi connectivity index (χ3n) is 5.56. The first-order chi connectivity index (χ1) is 17.3. The lowest BCUT2D eigenvalue weighted by atomic mass is 9.95. The number of rotatable bonds is 7. The molecule has 0 bridgehead atoms. The summed E-state index contributed by atoms with van der Waals surface area (Å²) in [6.45, 7) is 3.85. The molecule has 1 aromatic carbocycles. The number of pyridine rings is 1. The number of aliphatic hydroxyl groups is 1. The number of carbonyl (C=O) groups excluding carboxylic acids is 3. The highest BCUT2D eigenvalue weighted by Gasteiger charge is 2.48. The number of ketones is 1. The second kappa shape index (κ2) is 10.2. The SMILES string of the molecule is CCOc1ccc(C2C(=C(O)c3ccncc3)C(=O)C(=O)N2c2nc(C)c(C(=O)OC)s2)cc1OC.